The monoisotopic (exact) mass is 209 g/mol. The van der Waals surface area contributed by atoms with Crippen LogP contribution in [0.2, 0.25) is 0 Å². The van der Waals surface area contributed by atoms with Gasteiger partial charge in [-0.05, 0) is 37.5 Å². The molecule has 0 bridgehead atoms. The summed E-state index contributed by atoms with van der Waals surface area (Å²) in [4.78, 5) is 0. The summed E-state index contributed by atoms with van der Waals surface area (Å²) in [5.74, 6) is 0. The highest BCUT2D eigenvalue weighted by atomic mass is 14.9. The van der Waals surface area contributed by atoms with Crippen LogP contribution in [0.15, 0.2) is 0 Å². The van der Waals surface area contributed by atoms with Gasteiger partial charge in [0.15, 0.2) is 0 Å². The fraction of sp³-hybridized carbons (Fsp3) is 1.00. The fourth-order valence-electron chi connectivity index (χ4n) is 3.18. The van der Waals surface area contributed by atoms with E-state index in [4.69, 9.17) is 0 Å². The van der Waals surface area contributed by atoms with Gasteiger partial charge >= 0.3 is 0 Å². The topological polar surface area (TPSA) is 12.0 Å². The van der Waals surface area contributed by atoms with Gasteiger partial charge < -0.3 is 5.32 Å². The van der Waals surface area contributed by atoms with Gasteiger partial charge in [-0.1, -0.05) is 39.0 Å². The molecule has 1 nitrogen and oxygen atoms in total. The van der Waals surface area contributed by atoms with E-state index in [1.165, 1.54) is 70.8 Å². The summed E-state index contributed by atoms with van der Waals surface area (Å²) in [5, 5.41) is 3.86. The summed E-state index contributed by atoms with van der Waals surface area (Å²) >= 11 is 0. The Kier molecular flexibility index (Phi) is 4.07. The number of rotatable bonds is 4. The maximum Gasteiger partial charge on any atom is 0.00672 e. The summed E-state index contributed by atoms with van der Waals surface area (Å²) in [7, 11) is 0. The standard InChI is InChI=1S/C14H27N/c1-2-14(10-7-11-14)12-15-13-8-5-3-4-6-9-13/h13,15H,2-12H2,1H3. The van der Waals surface area contributed by atoms with Crippen LogP contribution in [-0.4, -0.2) is 12.6 Å². The summed E-state index contributed by atoms with van der Waals surface area (Å²) in [6, 6.07) is 0.844. The predicted molar refractivity (Wildman–Crippen MR) is 66.1 cm³/mol. The lowest BCUT2D eigenvalue weighted by atomic mass is 9.67. The van der Waals surface area contributed by atoms with Gasteiger partial charge in [-0.2, -0.15) is 0 Å². The molecule has 0 aromatic rings. The first kappa shape index (κ1) is 11.4. The third-order valence-corrected chi connectivity index (χ3v) is 4.79. The van der Waals surface area contributed by atoms with Gasteiger partial charge in [0, 0.05) is 12.6 Å². The van der Waals surface area contributed by atoms with Crippen LogP contribution in [0.1, 0.15) is 71.1 Å². The van der Waals surface area contributed by atoms with Crippen LogP contribution >= 0.6 is 0 Å². The van der Waals surface area contributed by atoms with E-state index in [0.29, 0.717) is 5.41 Å². The van der Waals surface area contributed by atoms with Crippen LogP contribution in [0.4, 0.5) is 0 Å². The molecule has 88 valence electrons. The zero-order valence-electron chi connectivity index (χ0n) is 10.4. The van der Waals surface area contributed by atoms with E-state index in [1.54, 1.807) is 0 Å². The molecule has 0 spiro atoms. The summed E-state index contributed by atoms with van der Waals surface area (Å²) < 4.78 is 0. The molecular weight excluding hydrogens is 182 g/mol. The van der Waals surface area contributed by atoms with Crippen molar-refractivity contribution in [3.05, 3.63) is 0 Å². The van der Waals surface area contributed by atoms with Crippen molar-refractivity contribution in [2.45, 2.75) is 77.2 Å². The average molecular weight is 209 g/mol. The van der Waals surface area contributed by atoms with Crippen molar-refractivity contribution in [1.82, 2.24) is 5.32 Å². The molecule has 0 aromatic heterocycles. The van der Waals surface area contributed by atoms with Crippen molar-refractivity contribution < 1.29 is 0 Å². The molecule has 0 atom stereocenters. The number of nitrogens with one attached hydrogen (secondary N) is 1. The molecule has 15 heavy (non-hydrogen) atoms. The third kappa shape index (κ3) is 2.96. The average Bonchev–Trinajstić information content (AvgIpc) is 2.45. The van der Waals surface area contributed by atoms with E-state index in [9.17, 15) is 0 Å². The molecule has 0 saturated heterocycles. The van der Waals surface area contributed by atoms with Crippen LogP contribution < -0.4 is 5.32 Å². The Bertz CT molecular complexity index is 170. The van der Waals surface area contributed by atoms with E-state index in [2.05, 4.69) is 12.2 Å². The lowest BCUT2D eigenvalue weighted by Gasteiger charge is -2.42. The van der Waals surface area contributed by atoms with Crippen molar-refractivity contribution in [3.8, 4) is 0 Å². The Balaban J connectivity index is 1.71. The number of hydrogen-bond donors (Lipinski definition) is 1. The molecule has 0 amide bonds. The van der Waals surface area contributed by atoms with Crippen LogP contribution in [-0.2, 0) is 0 Å². The van der Waals surface area contributed by atoms with E-state index < -0.39 is 0 Å². The molecule has 0 unspecified atom stereocenters. The van der Waals surface area contributed by atoms with Crippen LogP contribution in [0.25, 0.3) is 0 Å². The lowest BCUT2D eigenvalue weighted by Crippen LogP contribution is -2.43. The van der Waals surface area contributed by atoms with Gasteiger partial charge in [0.2, 0.25) is 0 Å². The van der Waals surface area contributed by atoms with E-state index >= 15 is 0 Å². The zero-order valence-corrected chi connectivity index (χ0v) is 10.4. The maximum absolute atomic E-state index is 3.86. The van der Waals surface area contributed by atoms with E-state index in [0.717, 1.165) is 6.04 Å². The van der Waals surface area contributed by atoms with Gasteiger partial charge in [0.1, 0.15) is 0 Å². The van der Waals surface area contributed by atoms with Gasteiger partial charge in [-0.15, -0.1) is 0 Å². The van der Waals surface area contributed by atoms with Crippen molar-refractivity contribution >= 4 is 0 Å². The molecule has 1 heteroatoms. The Morgan fingerprint density at radius 3 is 2.13 bits per heavy atom. The quantitative estimate of drug-likeness (QED) is 0.693. The van der Waals surface area contributed by atoms with Crippen molar-refractivity contribution in [1.29, 1.82) is 0 Å². The first-order valence-corrected chi connectivity index (χ1v) is 7.08. The minimum atomic E-state index is 0.701. The van der Waals surface area contributed by atoms with E-state index in [-0.39, 0.29) is 0 Å². The largest absolute Gasteiger partial charge is 0.313 e. The first-order chi connectivity index (χ1) is 7.35. The first-order valence-electron chi connectivity index (χ1n) is 7.08. The molecule has 0 aliphatic heterocycles. The molecule has 2 rings (SSSR count). The Morgan fingerprint density at radius 1 is 1.00 bits per heavy atom. The predicted octanol–water partition coefficient (Wildman–Crippen LogP) is 3.88. The Labute approximate surface area is 95.0 Å². The summed E-state index contributed by atoms with van der Waals surface area (Å²) in [5.41, 5.74) is 0.701. The molecule has 2 saturated carbocycles. The molecule has 0 radical (unpaired) electrons. The molecule has 0 aromatic carbocycles. The summed E-state index contributed by atoms with van der Waals surface area (Å²) in [6.07, 6.45) is 14.5. The van der Waals surface area contributed by atoms with Gasteiger partial charge in [0.05, 0.1) is 0 Å². The number of hydrogen-bond acceptors (Lipinski definition) is 1. The van der Waals surface area contributed by atoms with Crippen LogP contribution in [0, 0.1) is 5.41 Å². The molecule has 2 aliphatic rings. The smallest absolute Gasteiger partial charge is 0.00672 e. The van der Waals surface area contributed by atoms with Crippen molar-refractivity contribution in [2.24, 2.45) is 5.41 Å². The van der Waals surface area contributed by atoms with Gasteiger partial charge in [-0.25, -0.2) is 0 Å². The molecule has 2 fully saturated rings. The third-order valence-electron chi connectivity index (χ3n) is 4.79. The second-order valence-electron chi connectivity index (χ2n) is 5.78. The SMILES string of the molecule is CCC1(CNC2CCCCCC2)CCC1. The van der Waals surface area contributed by atoms with Gasteiger partial charge in [-0.3, -0.25) is 0 Å². The van der Waals surface area contributed by atoms with Crippen molar-refractivity contribution in [3.63, 3.8) is 0 Å². The normalized spacial score (nSPS) is 27.0. The second kappa shape index (κ2) is 5.34. The highest BCUT2D eigenvalue weighted by Crippen LogP contribution is 2.43. The van der Waals surface area contributed by atoms with E-state index in [1.807, 2.05) is 0 Å². The Hall–Kier alpha value is -0.0400. The van der Waals surface area contributed by atoms with Gasteiger partial charge in [0.25, 0.3) is 0 Å². The van der Waals surface area contributed by atoms with Crippen molar-refractivity contribution in [2.75, 3.05) is 6.54 Å². The second-order valence-corrected chi connectivity index (χ2v) is 5.78. The molecule has 0 heterocycles. The lowest BCUT2D eigenvalue weighted by molar-refractivity contribution is 0.118. The minimum Gasteiger partial charge on any atom is -0.313 e. The zero-order chi connectivity index (χ0) is 10.6. The highest BCUT2D eigenvalue weighted by Gasteiger charge is 2.35. The van der Waals surface area contributed by atoms with Crippen LogP contribution in [0.5, 0.6) is 0 Å². The summed E-state index contributed by atoms with van der Waals surface area (Å²) in [6.45, 7) is 3.67. The fourth-order valence-corrected chi connectivity index (χ4v) is 3.18. The molecule has 2 aliphatic carbocycles. The van der Waals surface area contributed by atoms with Crippen LogP contribution in [0.3, 0.4) is 0 Å². The Morgan fingerprint density at radius 2 is 1.67 bits per heavy atom. The highest BCUT2D eigenvalue weighted by molar-refractivity contribution is 4.89. The maximum atomic E-state index is 3.86. The minimum absolute atomic E-state index is 0.701. The molecule has 1 N–H and O–H groups in total. The molecular formula is C14H27N.